The summed E-state index contributed by atoms with van der Waals surface area (Å²) in [4.78, 5) is 2.35. The highest BCUT2D eigenvalue weighted by Crippen LogP contribution is 2.43. The van der Waals surface area contributed by atoms with Crippen LogP contribution in [0.4, 0.5) is 17.1 Å². The molecule has 0 radical (unpaired) electrons. The van der Waals surface area contributed by atoms with Gasteiger partial charge in [-0.15, -0.1) is 0 Å². The monoisotopic (exact) mass is 753 g/mol. The van der Waals surface area contributed by atoms with Crippen molar-refractivity contribution in [2.75, 3.05) is 4.90 Å². The zero-order chi connectivity index (χ0) is 38.9. The summed E-state index contributed by atoms with van der Waals surface area (Å²) in [5.74, 6) is 0. The van der Waals surface area contributed by atoms with Gasteiger partial charge in [0, 0.05) is 49.6 Å². The topological polar surface area (TPSA) is 29.5 Å². The summed E-state index contributed by atoms with van der Waals surface area (Å²) in [6, 6.07) is 75.7. The lowest BCUT2D eigenvalue weighted by Crippen LogP contribution is -2.10. The summed E-state index contributed by atoms with van der Waals surface area (Å²) in [6.45, 7) is 0. The lowest BCUT2D eigenvalue weighted by Gasteiger charge is -2.26. The van der Waals surface area contributed by atoms with Crippen LogP contribution in [0.1, 0.15) is 0 Å². The van der Waals surface area contributed by atoms with E-state index in [1.807, 2.05) is 12.1 Å². The van der Waals surface area contributed by atoms with Gasteiger partial charge in [0.25, 0.3) is 0 Å². The fourth-order valence-electron chi connectivity index (χ4n) is 9.09. The van der Waals surface area contributed by atoms with Crippen molar-refractivity contribution in [3.8, 4) is 33.4 Å². The van der Waals surface area contributed by atoms with Crippen LogP contribution in [0.15, 0.2) is 221 Å². The van der Waals surface area contributed by atoms with Crippen molar-refractivity contribution in [2.45, 2.75) is 0 Å². The first-order valence-corrected chi connectivity index (χ1v) is 20.1. The molecule has 0 atom stereocenters. The highest BCUT2D eigenvalue weighted by Gasteiger charge is 2.19. The van der Waals surface area contributed by atoms with E-state index in [2.05, 4.69) is 205 Å². The molecule has 59 heavy (non-hydrogen) atoms. The predicted octanol–water partition coefficient (Wildman–Crippen LogP) is 16.3. The van der Waals surface area contributed by atoms with Gasteiger partial charge < -0.3 is 13.7 Å². The van der Waals surface area contributed by atoms with Crippen molar-refractivity contribution in [2.24, 2.45) is 0 Å². The van der Waals surface area contributed by atoms with E-state index in [9.17, 15) is 0 Å². The molecule has 0 N–H and O–H groups in total. The van der Waals surface area contributed by atoms with Gasteiger partial charge in [0.05, 0.1) is 0 Å². The highest BCUT2D eigenvalue weighted by molar-refractivity contribution is 6.19. The number of fused-ring (bicyclic) bond motifs is 9. The van der Waals surface area contributed by atoms with Gasteiger partial charge >= 0.3 is 0 Å². The minimum absolute atomic E-state index is 0.892. The van der Waals surface area contributed by atoms with Crippen molar-refractivity contribution in [3.63, 3.8) is 0 Å². The molecule has 2 heterocycles. The summed E-state index contributed by atoms with van der Waals surface area (Å²) in [7, 11) is 0. The van der Waals surface area contributed by atoms with Crippen LogP contribution in [0.5, 0.6) is 0 Å². The van der Waals surface area contributed by atoms with Crippen molar-refractivity contribution in [1.82, 2.24) is 0 Å². The maximum Gasteiger partial charge on any atom is 0.143 e. The Hall–Kier alpha value is -7.88. The zero-order valence-corrected chi connectivity index (χ0v) is 32.0. The van der Waals surface area contributed by atoms with Crippen LogP contribution in [0.2, 0.25) is 0 Å². The summed E-state index contributed by atoms with van der Waals surface area (Å²) in [6.07, 6.45) is 0. The molecule has 3 heteroatoms. The largest absolute Gasteiger partial charge is 0.455 e. The Bertz CT molecular complexity index is 3550. The molecule has 0 aliphatic rings. The molecule has 3 nitrogen and oxygen atoms in total. The Morgan fingerprint density at radius 2 is 0.847 bits per heavy atom. The smallest absolute Gasteiger partial charge is 0.143 e. The second kappa shape index (κ2) is 13.4. The van der Waals surface area contributed by atoms with Crippen LogP contribution >= 0.6 is 0 Å². The van der Waals surface area contributed by atoms with E-state index in [-0.39, 0.29) is 0 Å². The van der Waals surface area contributed by atoms with Gasteiger partial charge in [-0.3, -0.25) is 0 Å². The van der Waals surface area contributed by atoms with E-state index >= 15 is 0 Å². The molecular weight excluding hydrogens is 719 g/mol. The highest BCUT2D eigenvalue weighted by atomic mass is 16.3. The van der Waals surface area contributed by atoms with Crippen molar-refractivity contribution < 1.29 is 8.83 Å². The van der Waals surface area contributed by atoms with E-state index in [1.165, 1.54) is 27.3 Å². The second-order valence-electron chi connectivity index (χ2n) is 15.2. The van der Waals surface area contributed by atoms with E-state index in [0.29, 0.717) is 0 Å². The van der Waals surface area contributed by atoms with E-state index in [0.717, 1.165) is 88.6 Å². The molecule has 0 unspecified atom stereocenters. The van der Waals surface area contributed by atoms with Crippen LogP contribution in [-0.4, -0.2) is 0 Å². The lowest BCUT2D eigenvalue weighted by molar-refractivity contribution is 0.670. The summed E-state index contributed by atoms with van der Waals surface area (Å²) >= 11 is 0. The molecule has 10 aromatic carbocycles. The van der Waals surface area contributed by atoms with Crippen molar-refractivity contribution in [1.29, 1.82) is 0 Å². The third-order valence-electron chi connectivity index (χ3n) is 11.9. The third kappa shape index (κ3) is 5.44. The molecule has 0 fully saturated rings. The lowest BCUT2D eigenvalue weighted by atomic mass is 9.97. The Kier molecular flexibility index (Phi) is 7.54. The first kappa shape index (κ1) is 33.3. The van der Waals surface area contributed by atoms with Gasteiger partial charge in [-0.05, 0) is 98.6 Å². The minimum atomic E-state index is 0.892. The summed E-state index contributed by atoms with van der Waals surface area (Å²) < 4.78 is 13.0. The summed E-state index contributed by atoms with van der Waals surface area (Å²) in [5, 5.41) is 9.29. The number of para-hydroxylation sites is 2. The predicted molar refractivity (Wildman–Crippen MR) is 247 cm³/mol. The normalized spacial score (nSPS) is 11.7. The van der Waals surface area contributed by atoms with Crippen LogP contribution in [-0.2, 0) is 0 Å². The molecule has 12 aromatic rings. The van der Waals surface area contributed by atoms with Gasteiger partial charge in [-0.2, -0.15) is 0 Å². The number of furan rings is 2. The summed E-state index contributed by atoms with van der Waals surface area (Å²) in [5.41, 5.74) is 13.7. The van der Waals surface area contributed by atoms with Crippen molar-refractivity contribution in [3.05, 3.63) is 212 Å². The second-order valence-corrected chi connectivity index (χ2v) is 15.2. The number of nitrogens with zero attached hydrogens (tertiary/aromatic N) is 1. The third-order valence-corrected chi connectivity index (χ3v) is 11.9. The van der Waals surface area contributed by atoms with Crippen LogP contribution in [0.25, 0.3) is 98.8 Å². The molecule has 0 bridgehead atoms. The number of hydrogen-bond acceptors (Lipinski definition) is 3. The molecule has 0 spiro atoms. The van der Waals surface area contributed by atoms with E-state index < -0.39 is 0 Å². The van der Waals surface area contributed by atoms with Gasteiger partial charge in [0.1, 0.15) is 22.3 Å². The van der Waals surface area contributed by atoms with Crippen LogP contribution in [0, 0.1) is 0 Å². The van der Waals surface area contributed by atoms with Crippen LogP contribution in [0.3, 0.4) is 0 Å². The number of benzene rings is 10. The zero-order valence-electron chi connectivity index (χ0n) is 32.0. The van der Waals surface area contributed by atoms with E-state index in [1.54, 1.807) is 0 Å². The average molecular weight is 754 g/mol. The fourth-order valence-corrected chi connectivity index (χ4v) is 9.09. The average Bonchev–Trinajstić information content (AvgIpc) is 3.89. The van der Waals surface area contributed by atoms with E-state index in [4.69, 9.17) is 8.83 Å². The SMILES string of the molecule is c1cc(-c2cccc3ccccc23)cc(N(c2ccc(-c3cccc4c3oc3ccccc34)cc2)c2ccc(-c3cccc4oc5c6ccccc6ccc5c34)cc2)c1. The van der Waals surface area contributed by atoms with Gasteiger partial charge in [0.2, 0.25) is 0 Å². The Balaban J connectivity index is 0.986. The molecular formula is C56H35NO2. The fraction of sp³-hybridized carbons (Fsp3) is 0. The maximum atomic E-state index is 6.55. The van der Waals surface area contributed by atoms with Crippen molar-refractivity contribution >= 4 is 82.5 Å². The minimum Gasteiger partial charge on any atom is -0.455 e. The molecule has 276 valence electrons. The van der Waals surface area contributed by atoms with Gasteiger partial charge in [-0.1, -0.05) is 158 Å². The first-order chi connectivity index (χ1) is 29.2. The number of hydrogen-bond donors (Lipinski definition) is 0. The molecule has 0 aliphatic heterocycles. The Morgan fingerprint density at radius 3 is 1.66 bits per heavy atom. The maximum absolute atomic E-state index is 6.55. The number of anilines is 3. The molecule has 0 saturated heterocycles. The standard InChI is InChI=1S/C56H35NO2/c1-3-16-44-36(11-1)13-8-19-45(44)40-14-7-15-43(35-40)57(42-32-27-39(28-33-42)48-21-9-22-50-49-18-5-6-23-52(49)58-55(48)50)41-30-25-38(26-31-41)46-20-10-24-53-54(46)51-34-29-37-12-2-4-17-47(37)56(51)59-53/h1-35H. The molecule has 2 aromatic heterocycles. The number of rotatable bonds is 6. The van der Waals surface area contributed by atoms with Gasteiger partial charge in [0.15, 0.2) is 0 Å². The van der Waals surface area contributed by atoms with Gasteiger partial charge in [-0.25, -0.2) is 0 Å². The molecule has 0 saturated carbocycles. The molecule has 0 amide bonds. The Labute approximate surface area is 340 Å². The quantitative estimate of drug-likeness (QED) is 0.169. The van der Waals surface area contributed by atoms with Crippen LogP contribution < -0.4 is 4.90 Å². The first-order valence-electron chi connectivity index (χ1n) is 20.1. The molecule has 0 aliphatic carbocycles. The molecule has 12 rings (SSSR count). The Morgan fingerprint density at radius 1 is 0.288 bits per heavy atom.